The van der Waals surface area contributed by atoms with Crippen molar-refractivity contribution in [2.75, 3.05) is 13.7 Å². The van der Waals surface area contributed by atoms with Crippen LogP contribution in [-0.2, 0) is 16.6 Å². The molecule has 1 N–H and O–H groups in total. The first-order valence-electron chi connectivity index (χ1n) is 6.61. The number of carbonyl (C=O) groups is 1. The number of esters is 1. The summed E-state index contributed by atoms with van der Waals surface area (Å²) in [6, 6.07) is 0. The lowest BCUT2D eigenvalue weighted by atomic mass is 9.98. The van der Waals surface area contributed by atoms with Crippen molar-refractivity contribution < 1.29 is 9.53 Å². The molecule has 1 fully saturated rings. The van der Waals surface area contributed by atoms with Gasteiger partial charge in [-0.25, -0.2) is 4.98 Å². The van der Waals surface area contributed by atoms with E-state index in [1.165, 1.54) is 0 Å². The van der Waals surface area contributed by atoms with E-state index in [2.05, 4.69) is 10.3 Å². The molecule has 1 heterocycles. The van der Waals surface area contributed by atoms with Gasteiger partial charge in [-0.3, -0.25) is 4.79 Å². The molecular formula is C13H21N3O2S. The van der Waals surface area contributed by atoms with Crippen molar-refractivity contribution in [2.45, 2.75) is 42.1 Å². The Balaban J connectivity index is 2.01. The monoisotopic (exact) mass is 283 g/mol. The standard InChI is InChI=1S/C13H21N3O2S/c1-4-18-11(17)13(14-2)6-5-10(9-13)19-12-15-7-8-16(12)3/h7-8,10,14H,4-6,9H2,1-3H3. The summed E-state index contributed by atoms with van der Waals surface area (Å²) >= 11 is 1.74. The molecule has 0 radical (unpaired) electrons. The van der Waals surface area contributed by atoms with E-state index in [0.717, 1.165) is 24.4 Å². The molecule has 2 atom stereocenters. The fourth-order valence-electron chi connectivity index (χ4n) is 2.50. The van der Waals surface area contributed by atoms with Crippen molar-refractivity contribution in [3.8, 4) is 0 Å². The van der Waals surface area contributed by atoms with Crippen LogP contribution in [0.4, 0.5) is 0 Å². The average Bonchev–Trinajstić information content (AvgIpc) is 2.99. The quantitative estimate of drug-likeness (QED) is 0.832. The highest BCUT2D eigenvalue weighted by atomic mass is 32.2. The molecule has 0 aliphatic heterocycles. The summed E-state index contributed by atoms with van der Waals surface area (Å²) < 4.78 is 7.20. The van der Waals surface area contributed by atoms with E-state index < -0.39 is 5.54 Å². The fraction of sp³-hybridized carbons (Fsp3) is 0.692. The number of nitrogens with zero attached hydrogens (tertiary/aromatic N) is 2. The van der Waals surface area contributed by atoms with Crippen molar-refractivity contribution in [3.63, 3.8) is 0 Å². The van der Waals surface area contributed by atoms with Gasteiger partial charge in [0.1, 0.15) is 5.54 Å². The van der Waals surface area contributed by atoms with Crippen LogP contribution in [0.3, 0.4) is 0 Å². The third-order valence-electron chi connectivity index (χ3n) is 3.66. The van der Waals surface area contributed by atoms with E-state index in [1.807, 2.05) is 31.8 Å². The first kappa shape index (κ1) is 14.4. The molecule has 0 amide bonds. The molecule has 19 heavy (non-hydrogen) atoms. The summed E-state index contributed by atoms with van der Waals surface area (Å²) in [6.45, 7) is 2.27. The van der Waals surface area contributed by atoms with Gasteiger partial charge < -0.3 is 14.6 Å². The van der Waals surface area contributed by atoms with E-state index in [1.54, 1.807) is 18.0 Å². The number of nitrogens with one attached hydrogen (secondary N) is 1. The maximum absolute atomic E-state index is 12.1. The van der Waals surface area contributed by atoms with Gasteiger partial charge in [0, 0.05) is 24.7 Å². The van der Waals surface area contributed by atoms with Crippen molar-refractivity contribution in [1.29, 1.82) is 0 Å². The van der Waals surface area contributed by atoms with Crippen molar-refractivity contribution in [3.05, 3.63) is 12.4 Å². The Hall–Kier alpha value is -1.01. The number of aryl methyl sites for hydroxylation is 1. The first-order chi connectivity index (χ1) is 9.11. The minimum absolute atomic E-state index is 0.125. The number of thioether (sulfide) groups is 1. The normalized spacial score (nSPS) is 26.6. The Morgan fingerprint density at radius 3 is 3.11 bits per heavy atom. The Bertz CT molecular complexity index is 449. The van der Waals surface area contributed by atoms with Crippen LogP contribution in [0.5, 0.6) is 0 Å². The van der Waals surface area contributed by atoms with Crippen molar-refractivity contribution in [1.82, 2.24) is 14.9 Å². The predicted octanol–water partition coefficient (Wildman–Crippen LogP) is 1.59. The zero-order valence-electron chi connectivity index (χ0n) is 11.7. The molecule has 0 spiro atoms. The van der Waals surface area contributed by atoms with Crippen LogP contribution in [0.1, 0.15) is 26.2 Å². The van der Waals surface area contributed by atoms with Gasteiger partial charge in [-0.1, -0.05) is 11.8 Å². The first-order valence-corrected chi connectivity index (χ1v) is 7.49. The molecule has 0 saturated heterocycles. The maximum atomic E-state index is 12.1. The predicted molar refractivity (Wildman–Crippen MR) is 75.1 cm³/mol. The topological polar surface area (TPSA) is 56.1 Å². The van der Waals surface area contributed by atoms with Crippen molar-refractivity contribution in [2.24, 2.45) is 7.05 Å². The summed E-state index contributed by atoms with van der Waals surface area (Å²) in [5.41, 5.74) is -0.515. The van der Waals surface area contributed by atoms with Gasteiger partial charge in [-0.2, -0.15) is 0 Å². The lowest BCUT2D eigenvalue weighted by Gasteiger charge is -2.26. The molecule has 1 aromatic heterocycles. The highest BCUT2D eigenvalue weighted by Gasteiger charge is 2.45. The van der Waals surface area contributed by atoms with Crippen LogP contribution in [0.25, 0.3) is 0 Å². The second kappa shape index (κ2) is 5.96. The van der Waals surface area contributed by atoms with Crippen LogP contribution in [0.15, 0.2) is 17.6 Å². The Morgan fingerprint density at radius 2 is 2.53 bits per heavy atom. The SMILES string of the molecule is CCOC(=O)C1(NC)CCC(Sc2nccn2C)C1. The number of imidazole rings is 1. The third kappa shape index (κ3) is 2.95. The minimum atomic E-state index is -0.515. The van der Waals surface area contributed by atoms with Gasteiger partial charge in [0.2, 0.25) is 0 Å². The molecular weight excluding hydrogens is 262 g/mol. The second-order valence-corrected chi connectivity index (χ2v) is 6.12. The second-order valence-electron chi connectivity index (χ2n) is 4.86. The molecule has 1 aliphatic carbocycles. The molecule has 106 valence electrons. The number of hydrogen-bond donors (Lipinski definition) is 1. The van der Waals surface area contributed by atoms with Crippen LogP contribution >= 0.6 is 11.8 Å². The van der Waals surface area contributed by atoms with Gasteiger partial charge in [0.25, 0.3) is 0 Å². The summed E-state index contributed by atoms with van der Waals surface area (Å²) in [7, 11) is 3.83. The fourth-order valence-corrected chi connectivity index (χ4v) is 3.75. The summed E-state index contributed by atoms with van der Waals surface area (Å²) in [5, 5.41) is 4.57. The molecule has 2 rings (SSSR count). The van der Waals surface area contributed by atoms with E-state index in [0.29, 0.717) is 11.9 Å². The number of likely N-dealkylation sites (N-methyl/N-ethyl adjacent to an activating group) is 1. The number of rotatable bonds is 5. The van der Waals surface area contributed by atoms with Gasteiger partial charge in [0.15, 0.2) is 5.16 Å². The molecule has 6 heteroatoms. The lowest BCUT2D eigenvalue weighted by Crippen LogP contribution is -2.49. The number of ether oxygens (including phenoxy) is 1. The smallest absolute Gasteiger partial charge is 0.326 e. The van der Waals surface area contributed by atoms with E-state index in [9.17, 15) is 4.79 Å². The molecule has 0 bridgehead atoms. The number of aromatic nitrogens is 2. The highest BCUT2D eigenvalue weighted by Crippen LogP contribution is 2.40. The molecule has 1 saturated carbocycles. The molecule has 1 aliphatic rings. The largest absolute Gasteiger partial charge is 0.465 e. The maximum Gasteiger partial charge on any atom is 0.326 e. The van der Waals surface area contributed by atoms with Crippen LogP contribution < -0.4 is 5.32 Å². The van der Waals surface area contributed by atoms with Gasteiger partial charge in [-0.15, -0.1) is 0 Å². The van der Waals surface area contributed by atoms with Gasteiger partial charge >= 0.3 is 5.97 Å². The Labute approximate surface area is 118 Å². The Kier molecular flexibility index (Phi) is 4.52. The van der Waals surface area contributed by atoms with Crippen LogP contribution in [-0.4, -0.2) is 40.0 Å². The zero-order valence-corrected chi connectivity index (χ0v) is 12.5. The van der Waals surface area contributed by atoms with Gasteiger partial charge in [0.05, 0.1) is 6.61 Å². The van der Waals surface area contributed by atoms with E-state index >= 15 is 0 Å². The minimum Gasteiger partial charge on any atom is -0.465 e. The highest BCUT2D eigenvalue weighted by molar-refractivity contribution is 7.99. The number of carbonyl (C=O) groups excluding carboxylic acids is 1. The van der Waals surface area contributed by atoms with E-state index in [4.69, 9.17) is 4.74 Å². The summed E-state index contributed by atoms with van der Waals surface area (Å²) in [4.78, 5) is 16.4. The Morgan fingerprint density at radius 1 is 1.74 bits per heavy atom. The molecule has 2 unspecified atom stereocenters. The van der Waals surface area contributed by atoms with Crippen molar-refractivity contribution >= 4 is 17.7 Å². The molecule has 0 aromatic carbocycles. The molecule has 5 nitrogen and oxygen atoms in total. The third-order valence-corrected chi connectivity index (χ3v) is 5.00. The zero-order chi connectivity index (χ0) is 13.9. The lowest BCUT2D eigenvalue weighted by molar-refractivity contribution is -0.150. The van der Waals surface area contributed by atoms with Gasteiger partial charge in [-0.05, 0) is 33.2 Å². The van der Waals surface area contributed by atoms with Crippen LogP contribution in [0.2, 0.25) is 0 Å². The summed E-state index contributed by atoms with van der Waals surface area (Å²) in [5.74, 6) is -0.125. The summed E-state index contributed by atoms with van der Waals surface area (Å²) in [6.07, 6.45) is 6.35. The molecule has 1 aromatic rings. The average molecular weight is 283 g/mol. The number of hydrogen-bond acceptors (Lipinski definition) is 5. The van der Waals surface area contributed by atoms with Crippen LogP contribution in [0, 0.1) is 0 Å². The van der Waals surface area contributed by atoms with E-state index in [-0.39, 0.29) is 5.97 Å².